The van der Waals surface area contributed by atoms with Gasteiger partial charge in [-0.05, 0) is 23.6 Å². The summed E-state index contributed by atoms with van der Waals surface area (Å²) in [5.41, 5.74) is 8.38. The van der Waals surface area contributed by atoms with Gasteiger partial charge in [-0.1, -0.05) is 26.0 Å². The molecule has 0 bridgehead atoms. The zero-order chi connectivity index (χ0) is 8.97. The molecule has 12 heavy (non-hydrogen) atoms. The van der Waals surface area contributed by atoms with E-state index >= 15 is 0 Å². The molecule has 0 amide bonds. The van der Waals surface area contributed by atoms with Crippen LogP contribution in [-0.2, 0) is 0 Å². The van der Waals surface area contributed by atoms with E-state index < -0.39 is 0 Å². The van der Waals surface area contributed by atoms with Gasteiger partial charge in [0.2, 0.25) is 0 Å². The molecule has 1 rings (SSSR count). The van der Waals surface area contributed by atoms with Crippen LogP contribution < -0.4 is 10.9 Å². The maximum absolute atomic E-state index is 3.02. The van der Waals surface area contributed by atoms with Crippen LogP contribution in [0.5, 0.6) is 0 Å². The first kappa shape index (κ1) is 9.07. The van der Waals surface area contributed by atoms with E-state index in [-0.39, 0.29) is 0 Å². The largest absolute Gasteiger partial charge is 0.322 e. The molecular formula is C10H16N2. The van der Waals surface area contributed by atoms with E-state index in [2.05, 4.69) is 49.0 Å². The first-order chi connectivity index (χ1) is 5.74. The number of benzene rings is 1. The Morgan fingerprint density at radius 1 is 1.08 bits per heavy atom. The van der Waals surface area contributed by atoms with Crippen LogP contribution in [0.25, 0.3) is 0 Å². The Morgan fingerprint density at radius 3 is 2.08 bits per heavy atom. The third-order valence-electron chi connectivity index (χ3n) is 1.85. The van der Waals surface area contributed by atoms with E-state index in [1.54, 1.807) is 0 Å². The summed E-state index contributed by atoms with van der Waals surface area (Å²) in [5.74, 6) is 0.605. The maximum atomic E-state index is 3.02. The summed E-state index contributed by atoms with van der Waals surface area (Å²) < 4.78 is 0. The molecule has 0 aliphatic heterocycles. The Balaban J connectivity index is 2.71. The Labute approximate surface area is 74.0 Å². The molecule has 1 aromatic rings. The van der Waals surface area contributed by atoms with Crippen molar-refractivity contribution in [2.24, 2.45) is 0 Å². The number of nitrogens with one attached hydrogen (secondary N) is 2. The molecule has 0 saturated carbocycles. The first-order valence-electron chi connectivity index (χ1n) is 4.26. The molecule has 2 nitrogen and oxygen atoms in total. The van der Waals surface area contributed by atoms with Gasteiger partial charge >= 0.3 is 0 Å². The predicted molar refractivity (Wildman–Crippen MR) is 53.2 cm³/mol. The van der Waals surface area contributed by atoms with Crippen molar-refractivity contribution < 1.29 is 0 Å². The lowest BCUT2D eigenvalue weighted by Crippen LogP contribution is -2.14. The van der Waals surface area contributed by atoms with Gasteiger partial charge in [0.15, 0.2) is 0 Å². The zero-order valence-electron chi connectivity index (χ0n) is 7.89. The summed E-state index contributed by atoms with van der Waals surface area (Å²) >= 11 is 0. The quantitative estimate of drug-likeness (QED) is 0.670. The van der Waals surface area contributed by atoms with Crippen LogP contribution in [0.4, 0.5) is 5.69 Å². The summed E-state index contributed by atoms with van der Waals surface area (Å²) in [6, 6.07) is 8.44. The Morgan fingerprint density at radius 2 is 1.67 bits per heavy atom. The van der Waals surface area contributed by atoms with E-state index in [4.69, 9.17) is 0 Å². The lowest BCUT2D eigenvalue weighted by molar-refractivity contribution is 0.866. The van der Waals surface area contributed by atoms with Gasteiger partial charge in [0.1, 0.15) is 0 Å². The van der Waals surface area contributed by atoms with Gasteiger partial charge in [0.05, 0.1) is 0 Å². The SMILES string of the molecule is CNNc1ccc(C(C)C)cc1. The van der Waals surface area contributed by atoms with Crippen LogP contribution in [0.2, 0.25) is 0 Å². The highest BCUT2D eigenvalue weighted by molar-refractivity contribution is 5.44. The van der Waals surface area contributed by atoms with Crippen LogP contribution in [0, 0.1) is 0 Å². The summed E-state index contributed by atoms with van der Waals surface area (Å²) in [5, 5.41) is 0. The summed E-state index contributed by atoms with van der Waals surface area (Å²) in [6.45, 7) is 4.39. The van der Waals surface area contributed by atoms with Gasteiger partial charge in [-0.2, -0.15) is 0 Å². The van der Waals surface area contributed by atoms with Crippen LogP contribution >= 0.6 is 0 Å². The molecule has 0 heterocycles. The fourth-order valence-electron chi connectivity index (χ4n) is 1.10. The van der Waals surface area contributed by atoms with E-state index in [1.807, 2.05) is 7.05 Å². The minimum atomic E-state index is 0.605. The van der Waals surface area contributed by atoms with Crippen molar-refractivity contribution in [3.63, 3.8) is 0 Å². The Kier molecular flexibility index (Phi) is 3.11. The third kappa shape index (κ3) is 2.24. The van der Waals surface area contributed by atoms with Gasteiger partial charge in [-0.25, -0.2) is 5.43 Å². The van der Waals surface area contributed by atoms with E-state index in [0.717, 1.165) is 5.69 Å². The van der Waals surface area contributed by atoms with Crippen molar-refractivity contribution in [2.45, 2.75) is 19.8 Å². The molecule has 0 unspecified atom stereocenters. The van der Waals surface area contributed by atoms with E-state index in [9.17, 15) is 0 Å². The average molecular weight is 164 g/mol. The smallest absolute Gasteiger partial charge is 0.0487 e. The fourth-order valence-corrected chi connectivity index (χ4v) is 1.10. The van der Waals surface area contributed by atoms with Crippen LogP contribution in [0.1, 0.15) is 25.3 Å². The molecule has 0 radical (unpaired) electrons. The number of anilines is 1. The summed E-state index contributed by atoms with van der Waals surface area (Å²) in [6.07, 6.45) is 0. The molecule has 0 aliphatic carbocycles. The van der Waals surface area contributed by atoms with Gasteiger partial charge in [-0.15, -0.1) is 0 Å². The minimum Gasteiger partial charge on any atom is -0.322 e. The molecular weight excluding hydrogens is 148 g/mol. The predicted octanol–water partition coefficient (Wildman–Crippen LogP) is 2.36. The molecule has 66 valence electrons. The van der Waals surface area contributed by atoms with Crippen molar-refractivity contribution in [1.82, 2.24) is 5.43 Å². The second kappa shape index (κ2) is 4.12. The number of hydrogen-bond acceptors (Lipinski definition) is 2. The topological polar surface area (TPSA) is 24.1 Å². The molecule has 1 aromatic carbocycles. The minimum absolute atomic E-state index is 0.605. The number of rotatable bonds is 3. The molecule has 0 saturated heterocycles. The summed E-state index contributed by atoms with van der Waals surface area (Å²) in [7, 11) is 1.86. The second-order valence-corrected chi connectivity index (χ2v) is 3.15. The van der Waals surface area contributed by atoms with Crippen LogP contribution in [0.15, 0.2) is 24.3 Å². The molecule has 0 fully saturated rings. The highest BCUT2D eigenvalue weighted by Crippen LogP contribution is 2.16. The Bertz CT molecular complexity index is 226. The maximum Gasteiger partial charge on any atom is 0.0487 e. The molecule has 2 heteroatoms. The first-order valence-corrected chi connectivity index (χ1v) is 4.26. The van der Waals surface area contributed by atoms with Crippen molar-refractivity contribution in [2.75, 3.05) is 12.5 Å². The number of hydrazine groups is 1. The van der Waals surface area contributed by atoms with E-state index in [0.29, 0.717) is 5.92 Å². The monoisotopic (exact) mass is 164 g/mol. The lowest BCUT2D eigenvalue weighted by Gasteiger charge is -2.07. The van der Waals surface area contributed by atoms with Crippen LogP contribution in [0.3, 0.4) is 0 Å². The molecule has 0 atom stereocenters. The normalized spacial score (nSPS) is 10.3. The molecule has 0 spiro atoms. The van der Waals surface area contributed by atoms with E-state index in [1.165, 1.54) is 5.56 Å². The van der Waals surface area contributed by atoms with Crippen LogP contribution in [-0.4, -0.2) is 7.05 Å². The average Bonchev–Trinajstić information content (AvgIpc) is 2.06. The highest BCUT2D eigenvalue weighted by atomic mass is 15.3. The van der Waals surface area contributed by atoms with Crippen molar-refractivity contribution in [3.05, 3.63) is 29.8 Å². The molecule has 2 N–H and O–H groups in total. The lowest BCUT2D eigenvalue weighted by atomic mass is 10.0. The van der Waals surface area contributed by atoms with Crippen molar-refractivity contribution in [3.8, 4) is 0 Å². The van der Waals surface area contributed by atoms with Gasteiger partial charge in [-0.3, -0.25) is 0 Å². The Hall–Kier alpha value is -1.02. The second-order valence-electron chi connectivity index (χ2n) is 3.15. The standard InChI is InChI=1S/C10H16N2/c1-8(2)9-4-6-10(7-5-9)12-11-3/h4-8,11-12H,1-3H3. The van der Waals surface area contributed by atoms with Crippen molar-refractivity contribution in [1.29, 1.82) is 0 Å². The molecule has 0 aliphatic rings. The molecule has 0 aromatic heterocycles. The fraction of sp³-hybridized carbons (Fsp3) is 0.400. The highest BCUT2D eigenvalue weighted by Gasteiger charge is 1.97. The van der Waals surface area contributed by atoms with Gasteiger partial charge in [0.25, 0.3) is 0 Å². The summed E-state index contributed by atoms with van der Waals surface area (Å²) in [4.78, 5) is 0. The zero-order valence-corrected chi connectivity index (χ0v) is 7.89. The van der Waals surface area contributed by atoms with Gasteiger partial charge < -0.3 is 5.43 Å². The van der Waals surface area contributed by atoms with Crippen molar-refractivity contribution >= 4 is 5.69 Å². The number of hydrogen-bond donors (Lipinski definition) is 2. The third-order valence-corrected chi connectivity index (χ3v) is 1.85. The van der Waals surface area contributed by atoms with Gasteiger partial charge in [0, 0.05) is 12.7 Å².